The van der Waals surface area contributed by atoms with Gasteiger partial charge in [-0.2, -0.15) is 8.78 Å². The van der Waals surface area contributed by atoms with E-state index < -0.39 is 6.61 Å². The van der Waals surface area contributed by atoms with Crippen molar-refractivity contribution in [2.24, 2.45) is 5.92 Å². The van der Waals surface area contributed by atoms with E-state index in [9.17, 15) is 8.78 Å². The summed E-state index contributed by atoms with van der Waals surface area (Å²) in [4.78, 5) is 6.96. The van der Waals surface area contributed by atoms with Gasteiger partial charge in [-0.3, -0.25) is 0 Å². The van der Waals surface area contributed by atoms with E-state index in [1.54, 1.807) is 12.1 Å². The van der Waals surface area contributed by atoms with Crippen molar-refractivity contribution >= 4 is 22.4 Å². The monoisotopic (exact) mass is 454 g/mol. The van der Waals surface area contributed by atoms with Crippen molar-refractivity contribution in [1.29, 1.82) is 0 Å². The van der Waals surface area contributed by atoms with Crippen molar-refractivity contribution in [3.05, 3.63) is 60.2 Å². The van der Waals surface area contributed by atoms with Crippen molar-refractivity contribution in [2.45, 2.75) is 44.9 Å². The molecule has 7 heteroatoms. The number of rotatable bonds is 9. The Morgan fingerprint density at radius 1 is 1.03 bits per heavy atom. The van der Waals surface area contributed by atoms with Crippen LogP contribution in [0.5, 0.6) is 5.75 Å². The highest BCUT2D eigenvalue weighted by atomic mass is 19.3. The molecule has 176 valence electrons. The number of hydrogen-bond acceptors (Lipinski definition) is 5. The maximum absolute atomic E-state index is 12.6. The Bertz CT molecular complexity index is 1050. The highest BCUT2D eigenvalue weighted by Gasteiger charge is 2.22. The Kier molecular flexibility index (Phi) is 7.60. The largest absolute Gasteiger partial charge is 0.434 e. The molecule has 0 unspecified atom stereocenters. The zero-order valence-corrected chi connectivity index (χ0v) is 19.2. The molecule has 0 radical (unpaired) electrons. The SMILES string of the molecule is CN(C)c1cc(N[C@H]2CC[C@@H](CNCc3ccccc3OC(F)F)CC2)nc2ccccc12. The lowest BCUT2D eigenvalue weighted by Gasteiger charge is -2.30. The van der Waals surface area contributed by atoms with Gasteiger partial charge in [-0.05, 0) is 50.3 Å². The van der Waals surface area contributed by atoms with Crippen LogP contribution in [0.3, 0.4) is 0 Å². The predicted molar refractivity (Wildman–Crippen MR) is 130 cm³/mol. The zero-order valence-electron chi connectivity index (χ0n) is 19.2. The van der Waals surface area contributed by atoms with Gasteiger partial charge in [-0.15, -0.1) is 0 Å². The normalized spacial score (nSPS) is 18.5. The van der Waals surface area contributed by atoms with Gasteiger partial charge in [-0.1, -0.05) is 36.4 Å². The molecule has 1 fully saturated rings. The van der Waals surface area contributed by atoms with Crippen LogP contribution < -0.4 is 20.3 Å². The van der Waals surface area contributed by atoms with E-state index in [2.05, 4.69) is 52.6 Å². The second kappa shape index (κ2) is 10.8. The first kappa shape index (κ1) is 23.2. The van der Waals surface area contributed by atoms with Crippen LogP contribution in [0.2, 0.25) is 0 Å². The number of aromatic nitrogens is 1. The molecule has 4 rings (SSSR count). The molecule has 0 spiro atoms. The van der Waals surface area contributed by atoms with Gasteiger partial charge >= 0.3 is 6.61 Å². The summed E-state index contributed by atoms with van der Waals surface area (Å²) in [6, 6.07) is 17.7. The number of para-hydroxylation sites is 2. The quantitative estimate of drug-likeness (QED) is 0.437. The van der Waals surface area contributed by atoms with Crippen molar-refractivity contribution < 1.29 is 13.5 Å². The Morgan fingerprint density at radius 3 is 2.52 bits per heavy atom. The average molecular weight is 455 g/mol. The first-order valence-electron chi connectivity index (χ1n) is 11.6. The number of benzene rings is 2. The molecule has 3 aromatic rings. The standard InChI is InChI=1S/C26H32F2N4O/c1-32(2)23-15-25(31-22-9-5-4-8-21(22)23)30-20-13-11-18(12-14-20)16-29-17-19-7-3-6-10-24(19)33-26(27)28/h3-10,15,18,20,26,29H,11-14,16-17H2,1-2H3,(H,30,31)/t18-,20+. The summed E-state index contributed by atoms with van der Waals surface area (Å²) in [5, 5.41) is 8.23. The highest BCUT2D eigenvalue weighted by molar-refractivity contribution is 5.93. The molecule has 0 bridgehead atoms. The third-order valence-corrected chi connectivity index (χ3v) is 6.31. The first-order valence-corrected chi connectivity index (χ1v) is 11.6. The maximum atomic E-state index is 12.6. The van der Waals surface area contributed by atoms with E-state index in [4.69, 9.17) is 4.98 Å². The summed E-state index contributed by atoms with van der Waals surface area (Å²) in [5.41, 5.74) is 2.92. The number of nitrogens with one attached hydrogen (secondary N) is 2. The number of ether oxygens (including phenoxy) is 1. The molecule has 2 N–H and O–H groups in total. The van der Waals surface area contributed by atoms with E-state index in [1.807, 2.05) is 24.3 Å². The van der Waals surface area contributed by atoms with E-state index in [1.165, 1.54) is 0 Å². The van der Waals surface area contributed by atoms with Crippen molar-refractivity contribution in [3.63, 3.8) is 0 Å². The fraction of sp³-hybridized carbons (Fsp3) is 0.423. The summed E-state index contributed by atoms with van der Waals surface area (Å²) in [7, 11) is 4.11. The van der Waals surface area contributed by atoms with Gasteiger partial charge in [0, 0.05) is 49.4 Å². The molecular weight excluding hydrogens is 422 g/mol. The summed E-state index contributed by atoms with van der Waals surface area (Å²) < 4.78 is 29.8. The van der Waals surface area contributed by atoms with E-state index in [0.717, 1.165) is 60.2 Å². The van der Waals surface area contributed by atoms with Crippen molar-refractivity contribution in [3.8, 4) is 5.75 Å². The van der Waals surface area contributed by atoms with E-state index in [0.29, 0.717) is 18.5 Å². The lowest BCUT2D eigenvalue weighted by molar-refractivity contribution is -0.0505. The molecule has 5 nitrogen and oxygen atoms in total. The van der Waals surface area contributed by atoms with Gasteiger partial charge in [-0.25, -0.2) is 4.98 Å². The van der Waals surface area contributed by atoms with Crippen LogP contribution in [0.4, 0.5) is 20.3 Å². The molecular formula is C26H32F2N4O. The molecule has 1 saturated carbocycles. The van der Waals surface area contributed by atoms with Crippen LogP contribution in [0.1, 0.15) is 31.2 Å². The second-order valence-electron chi connectivity index (χ2n) is 8.92. The lowest BCUT2D eigenvalue weighted by Crippen LogP contribution is -2.31. The molecule has 0 saturated heterocycles. The van der Waals surface area contributed by atoms with Crippen LogP contribution >= 0.6 is 0 Å². The molecule has 1 heterocycles. The zero-order chi connectivity index (χ0) is 23.2. The van der Waals surface area contributed by atoms with Gasteiger partial charge in [0.05, 0.1) is 5.52 Å². The van der Waals surface area contributed by atoms with Crippen LogP contribution in [0.25, 0.3) is 10.9 Å². The third-order valence-electron chi connectivity index (χ3n) is 6.31. The van der Waals surface area contributed by atoms with Crippen LogP contribution in [-0.2, 0) is 6.54 Å². The van der Waals surface area contributed by atoms with E-state index >= 15 is 0 Å². The third kappa shape index (κ3) is 6.11. The summed E-state index contributed by atoms with van der Waals surface area (Å²) in [6.07, 6.45) is 4.41. The fourth-order valence-electron chi connectivity index (χ4n) is 4.59. The second-order valence-corrected chi connectivity index (χ2v) is 8.92. The van der Waals surface area contributed by atoms with Crippen LogP contribution in [0, 0.1) is 5.92 Å². The van der Waals surface area contributed by atoms with Crippen molar-refractivity contribution in [1.82, 2.24) is 10.3 Å². The van der Waals surface area contributed by atoms with Gasteiger partial charge < -0.3 is 20.3 Å². The number of pyridine rings is 1. The van der Waals surface area contributed by atoms with Gasteiger partial charge in [0.25, 0.3) is 0 Å². The molecule has 1 aromatic heterocycles. The highest BCUT2D eigenvalue weighted by Crippen LogP contribution is 2.30. The first-order chi connectivity index (χ1) is 16.0. The molecule has 1 aliphatic rings. The number of nitrogens with zero attached hydrogens (tertiary/aromatic N) is 2. The Balaban J connectivity index is 1.28. The minimum atomic E-state index is -2.81. The average Bonchev–Trinajstić information content (AvgIpc) is 2.80. The number of anilines is 2. The summed E-state index contributed by atoms with van der Waals surface area (Å²) in [5.74, 6) is 1.75. The van der Waals surface area contributed by atoms with Gasteiger partial charge in [0.15, 0.2) is 0 Å². The summed E-state index contributed by atoms with van der Waals surface area (Å²) in [6.45, 7) is -1.41. The topological polar surface area (TPSA) is 49.4 Å². The van der Waals surface area contributed by atoms with Gasteiger partial charge in [0.1, 0.15) is 11.6 Å². The van der Waals surface area contributed by atoms with Crippen LogP contribution in [0.15, 0.2) is 54.6 Å². The Hall–Kier alpha value is -2.93. The molecule has 0 amide bonds. The molecule has 0 aliphatic heterocycles. The molecule has 2 aromatic carbocycles. The number of fused-ring (bicyclic) bond motifs is 1. The summed E-state index contributed by atoms with van der Waals surface area (Å²) >= 11 is 0. The maximum Gasteiger partial charge on any atom is 0.387 e. The van der Waals surface area contributed by atoms with Crippen molar-refractivity contribution in [2.75, 3.05) is 30.9 Å². The predicted octanol–water partition coefficient (Wildman–Crippen LogP) is 5.66. The van der Waals surface area contributed by atoms with E-state index in [-0.39, 0.29) is 5.75 Å². The van der Waals surface area contributed by atoms with Gasteiger partial charge in [0.2, 0.25) is 0 Å². The smallest absolute Gasteiger partial charge is 0.387 e. The number of alkyl halides is 2. The minimum Gasteiger partial charge on any atom is -0.434 e. The number of hydrogen-bond donors (Lipinski definition) is 2. The molecule has 1 aliphatic carbocycles. The molecule has 0 atom stereocenters. The fourth-order valence-corrected chi connectivity index (χ4v) is 4.59. The van der Waals surface area contributed by atoms with Crippen LogP contribution in [-0.4, -0.2) is 38.3 Å². The lowest BCUT2D eigenvalue weighted by atomic mass is 9.86. The molecule has 33 heavy (non-hydrogen) atoms. The number of halogens is 2. The Labute approximate surface area is 194 Å². The Morgan fingerprint density at radius 2 is 1.76 bits per heavy atom. The minimum absolute atomic E-state index is 0.243.